The van der Waals surface area contributed by atoms with E-state index in [0.29, 0.717) is 5.41 Å². The minimum atomic E-state index is -0.627. The fourth-order valence-electron chi connectivity index (χ4n) is 3.28. The van der Waals surface area contributed by atoms with Gasteiger partial charge in [0.1, 0.15) is 0 Å². The summed E-state index contributed by atoms with van der Waals surface area (Å²) in [5.41, 5.74) is 0.893. The van der Waals surface area contributed by atoms with Gasteiger partial charge in [0.25, 0.3) is 0 Å². The number of rotatable bonds is 1. The van der Waals surface area contributed by atoms with E-state index in [2.05, 4.69) is 43.5 Å². The van der Waals surface area contributed by atoms with Crippen LogP contribution in [0.25, 0.3) is 10.1 Å². The molecule has 1 aromatic carbocycles. The summed E-state index contributed by atoms with van der Waals surface area (Å²) in [6, 6.07) is 8.49. The fourth-order valence-corrected chi connectivity index (χ4v) is 4.29. The van der Waals surface area contributed by atoms with Crippen molar-refractivity contribution < 1.29 is 5.11 Å². The standard InChI is InChI=1S/C17H22OS/c1-16(2)8-4-9-17(18,11-10-16)14-6-3-5-13-7-12-19-15(13)14/h3,5-7,12,18H,4,8-11H2,1-2H3. The highest BCUT2D eigenvalue weighted by Crippen LogP contribution is 2.45. The van der Waals surface area contributed by atoms with Crippen LogP contribution in [0.5, 0.6) is 0 Å². The van der Waals surface area contributed by atoms with E-state index in [9.17, 15) is 5.11 Å². The van der Waals surface area contributed by atoms with Gasteiger partial charge in [0.05, 0.1) is 5.60 Å². The molecule has 0 bridgehead atoms. The van der Waals surface area contributed by atoms with Crippen LogP contribution in [-0.2, 0) is 5.60 Å². The molecule has 0 radical (unpaired) electrons. The molecule has 1 saturated carbocycles. The number of fused-ring (bicyclic) bond motifs is 1. The summed E-state index contributed by atoms with van der Waals surface area (Å²) in [5.74, 6) is 0. The maximum absolute atomic E-state index is 11.2. The van der Waals surface area contributed by atoms with Gasteiger partial charge in [-0.2, -0.15) is 0 Å². The van der Waals surface area contributed by atoms with Gasteiger partial charge in [0, 0.05) is 10.3 Å². The molecule has 2 heteroatoms. The molecule has 1 fully saturated rings. The van der Waals surface area contributed by atoms with Crippen molar-refractivity contribution in [1.82, 2.24) is 0 Å². The lowest BCUT2D eigenvalue weighted by molar-refractivity contribution is 0.0196. The Hall–Kier alpha value is -0.860. The average Bonchev–Trinajstić information content (AvgIpc) is 2.79. The van der Waals surface area contributed by atoms with Crippen molar-refractivity contribution in [3.05, 3.63) is 35.2 Å². The van der Waals surface area contributed by atoms with Crippen molar-refractivity contribution in [1.29, 1.82) is 0 Å². The van der Waals surface area contributed by atoms with Gasteiger partial charge < -0.3 is 5.11 Å². The number of benzene rings is 1. The Kier molecular flexibility index (Phi) is 3.18. The molecule has 1 heterocycles. The maximum atomic E-state index is 11.2. The second-order valence-electron chi connectivity index (χ2n) is 6.69. The van der Waals surface area contributed by atoms with Gasteiger partial charge >= 0.3 is 0 Å². The molecule has 0 amide bonds. The molecule has 102 valence electrons. The molecular weight excluding hydrogens is 252 g/mol. The zero-order chi connectivity index (χ0) is 13.5. The van der Waals surface area contributed by atoms with Crippen molar-refractivity contribution in [3.63, 3.8) is 0 Å². The normalized spacial score (nSPS) is 27.3. The van der Waals surface area contributed by atoms with E-state index in [1.807, 2.05) is 0 Å². The minimum absolute atomic E-state index is 0.369. The summed E-state index contributed by atoms with van der Waals surface area (Å²) in [6.45, 7) is 4.65. The highest BCUT2D eigenvalue weighted by Gasteiger charge is 2.36. The molecule has 1 aromatic heterocycles. The molecule has 0 aliphatic heterocycles. The molecule has 2 aromatic rings. The summed E-state index contributed by atoms with van der Waals surface area (Å²) in [5, 5.41) is 14.6. The fraction of sp³-hybridized carbons (Fsp3) is 0.529. The Morgan fingerprint density at radius 3 is 2.74 bits per heavy atom. The Balaban J connectivity index is 2.02. The Morgan fingerprint density at radius 2 is 1.89 bits per heavy atom. The molecule has 0 saturated heterocycles. The number of thiophene rings is 1. The third-order valence-electron chi connectivity index (χ3n) is 4.64. The molecule has 19 heavy (non-hydrogen) atoms. The molecule has 1 unspecified atom stereocenters. The maximum Gasteiger partial charge on any atom is 0.0910 e. The van der Waals surface area contributed by atoms with Gasteiger partial charge in [-0.1, -0.05) is 32.0 Å². The van der Waals surface area contributed by atoms with E-state index in [0.717, 1.165) is 31.2 Å². The predicted molar refractivity (Wildman–Crippen MR) is 82.6 cm³/mol. The number of hydrogen-bond donors (Lipinski definition) is 1. The lowest BCUT2D eigenvalue weighted by Crippen LogP contribution is -2.25. The van der Waals surface area contributed by atoms with E-state index in [1.165, 1.54) is 16.5 Å². The van der Waals surface area contributed by atoms with Gasteiger partial charge in [0.15, 0.2) is 0 Å². The monoisotopic (exact) mass is 274 g/mol. The van der Waals surface area contributed by atoms with Crippen molar-refractivity contribution in [2.45, 2.75) is 51.6 Å². The second-order valence-corrected chi connectivity index (χ2v) is 7.61. The first kappa shape index (κ1) is 13.1. The van der Waals surface area contributed by atoms with Gasteiger partial charge in [0.2, 0.25) is 0 Å². The van der Waals surface area contributed by atoms with Crippen LogP contribution < -0.4 is 0 Å². The van der Waals surface area contributed by atoms with Crippen LogP contribution in [0.4, 0.5) is 0 Å². The van der Waals surface area contributed by atoms with E-state index < -0.39 is 5.60 Å². The summed E-state index contributed by atoms with van der Waals surface area (Å²) < 4.78 is 1.27. The van der Waals surface area contributed by atoms with Gasteiger partial charge in [-0.05, 0) is 54.4 Å². The van der Waals surface area contributed by atoms with Crippen molar-refractivity contribution in [2.24, 2.45) is 5.41 Å². The van der Waals surface area contributed by atoms with E-state index in [4.69, 9.17) is 0 Å². The first-order chi connectivity index (χ1) is 9.00. The Morgan fingerprint density at radius 1 is 1.05 bits per heavy atom. The van der Waals surface area contributed by atoms with E-state index >= 15 is 0 Å². The third kappa shape index (κ3) is 2.44. The van der Waals surface area contributed by atoms with Crippen molar-refractivity contribution in [3.8, 4) is 0 Å². The van der Waals surface area contributed by atoms with E-state index in [1.54, 1.807) is 11.3 Å². The van der Waals surface area contributed by atoms with Crippen LogP contribution in [0, 0.1) is 5.41 Å². The van der Waals surface area contributed by atoms with Crippen LogP contribution in [0.1, 0.15) is 51.5 Å². The SMILES string of the molecule is CC1(C)CCCC(O)(c2cccc3ccsc23)CC1. The van der Waals surface area contributed by atoms with E-state index in [-0.39, 0.29) is 0 Å². The van der Waals surface area contributed by atoms with Crippen LogP contribution in [0.2, 0.25) is 0 Å². The molecule has 3 rings (SSSR count). The Bertz CT molecular complexity index is 584. The zero-order valence-corrected chi connectivity index (χ0v) is 12.6. The lowest BCUT2D eigenvalue weighted by Gasteiger charge is -2.29. The quantitative estimate of drug-likeness (QED) is 0.719. The largest absolute Gasteiger partial charge is 0.385 e. The molecule has 0 spiro atoms. The second kappa shape index (κ2) is 4.60. The molecule has 1 aliphatic rings. The highest BCUT2D eigenvalue weighted by molar-refractivity contribution is 7.17. The zero-order valence-electron chi connectivity index (χ0n) is 11.8. The van der Waals surface area contributed by atoms with Crippen LogP contribution in [0.15, 0.2) is 29.6 Å². The first-order valence-electron chi connectivity index (χ1n) is 7.19. The van der Waals surface area contributed by atoms with Crippen LogP contribution in [0.3, 0.4) is 0 Å². The first-order valence-corrected chi connectivity index (χ1v) is 8.07. The van der Waals surface area contributed by atoms with Gasteiger partial charge in [-0.3, -0.25) is 0 Å². The lowest BCUT2D eigenvalue weighted by atomic mass is 9.82. The molecule has 1 atom stereocenters. The topological polar surface area (TPSA) is 20.2 Å². The average molecular weight is 274 g/mol. The van der Waals surface area contributed by atoms with Crippen LogP contribution in [-0.4, -0.2) is 5.11 Å². The third-order valence-corrected chi connectivity index (χ3v) is 5.60. The van der Waals surface area contributed by atoms with Crippen molar-refractivity contribution in [2.75, 3.05) is 0 Å². The van der Waals surface area contributed by atoms with Gasteiger partial charge in [-0.25, -0.2) is 0 Å². The molecule has 1 aliphatic carbocycles. The number of hydrogen-bond acceptors (Lipinski definition) is 2. The molecule has 1 nitrogen and oxygen atoms in total. The number of aliphatic hydroxyl groups is 1. The minimum Gasteiger partial charge on any atom is -0.385 e. The smallest absolute Gasteiger partial charge is 0.0910 e. The Labute approximate surface area is 119 Å². The highest BCUT2D eigenvalue weighted by atomic mass is 32.1. The summed E-state index contributed by atoms with van der Waals surface area (Å²) in [7, 11) is 0. The molecule has 1 N–H and O–H groups in total. The summed E-state index contributed by atoms with van der Waals surface area (Å²) in [6.07, 6.45) is 5.22. The van der Waals surface area contributed by atoms with Gasteiger partial charge in [-0.15, -0.1) is 11.3 Å². The summed E-state index contributed by atoms with van der Waals surface area (Å²) in [4.78, 5) is 0. The summed E-state index contributed by atoms with van der Waals surface area (Å²) >= 11 is 1.75. The molecular formula is C17H22OS. The predicted octanol–water partition coefficient (Wildman–Crippen LogP) is 5.08. The van der Waals surface area contributed by atoms with Crippen molar-refractivity contribution >= 4 is 21.4 Å². The van der Waals surface area contributed by atoms with Crippen LogP contribution >= 0.6 is 11.3 Å².